The summed E-state index contributed by atoms with van der Waals surface area (Å²) in [7, 11) is 5.46. The molecule has 34 heavy (non-hydrogen) atoms. The molecule has 0 heterocycles. The average molecular weight is 472 g/mol. The fourth-order valence-corrected chi connectivity index (χ4v) is 3.67. The molecule has 0 aliphatic rings. The van der Waals surface area contributed by atoms with Crippen LogP contribution in [0, 0.1) is 0 Å². The molecule has 0 saturated heterocycles. The van der Waals surface area contributed by atoms with E-state index < -0.39 is 18.0 Å². The minimum atomic E-state index is -1.02. The standard InChI is InChI=1S/C27H37NO6/c1-28(2)19-24(34-27(31)17-16-26(29)30)20-33-25-15-8-7-13-22(25)12-6-4-5-10-21-11-9-14-23(18-21)32-3/h7-9,11,13-15,18,24H,4-6,10,12,16-17,19-20H2,1-3H3,(H,29,30). The molecule has 7 nitrogen and oxygen atoms in total. The van der Waals surface area contributed by atoms with Crippen molar-refractivity contribution < 1.29 is 28.9 Å². The predicted molar refractivity (Wildman–Crippen MR) is 131 cm³/mol. The summed E-state index contributed by atoms with van der Waals surface area (Å²) in [5.41, 5.74) is 2.41. The van der Waals surface area contributed by atoms with Crippen LogP contribution >= 0.6 is 0 Å². The van der Waals surface area contributed by atoms with Gasteiger partial charge in [-0.05, 0) is 69.1 Å². The number of rotatable bonds is 16. The molecule has 0 amide bonds. The number of carbonyl (C=O) groups is 2. The molecule has 2 aromatic carbocycles. The van der Waals surface area contributed by atoms with Gasteiger partial charge < -0.3 is 24.2 Å². The van der Waals surface area contributed by atoms with Crippen molar-refractivity contribution in [3.05, 3.63) is 59.7 Å². The van der Waals surface area contributed by atoms with E-state index in [2.05, 4.69) is 18.2 Å². The van der Waals surface area contributed by atoms with Gasteiger partial charge in [-0.3, -0.25) is 9.59 Å². The number of likely N-dealkylation sites (N-methyl/N-ethyl adjacent to an activating group) is 1. The van der Waals surface area contributed by atoms with Gasteiger partial charge >= 0.3 is 11.9 Å². The zero-order valence-corrected chi connectivity index (χ0v) is 20.5. The Hall–Kier alpha value is -3.06. The van der Waals surface area contributed by atoms with E-state index in [0.29, 0.717) is 6.54 Å². The molecule has 0 spiro atoms. The first-order valence-electron chi connectivity index (χ1n) is 11.8. The molecule has 1 N–H and O–H groups in total. The molecule has 0 radical (unpaired) electrons. The molecule has 186 valence electrons. The summed E-state index contributed by atoms with van der Waals surface area (Å²) < 4.78 is 16.8. The lowest BCUT2D eigenvalue weighted by Crippen LogP contribution is -2.35. The minimum Gasteiger partial charge on any atom is -0.497 e. The highest BCUT2D eigenvalue weighted by Gasteiger charge is 2.18. The predicted octanol–water partition coefficient (Wildman–Crippen LogP) is 4.37. The number of hydrogen-bond acceptors (Lipinski definition) is 6. The second-order valence-corrected chi connectivity index (χ2v) is 8.60. The van der Waals surface area contributed by atoms with Gasteiger partial charge in [-0.2, -0.15) is 0 Å². The Morgan fingerprint density at radius 1 is 0.971 bits per heavy atom. The van der Waals surface area contributed by atoms with E-state index in [-0.39, 0.29) is 19.4 Å². The Kier molecular flexibility index (Phi) is 12.0. The van der Waals surface area contributed by atoms with Crippen LogP contribution in [0.25, 0.3) is 0 Å². The van der Waals surface area contributed by atoms with Crippen LogP contribution in [0.4, 0.5) is 0 Å². The van der Waals surface area contributed by atoms with Crippen LogP contribution in [0.5, 0.6) is 11.5 Å². The lowest BCUT2D eigenvalue weighted by atomic mass is 10.0. The van der Waals surface area contributed by atoms with Crippen LogP contribution in [-0.2, 0) is 27.2 Å². The number of unbranched alkanes of at least 4 members (excludes halogenated alkanes) is 2. The van der Waals surface area contributed by atoms with E-state index in [0.717, 1.165) is 49.2 Å². The first-order valence-corrected chi connectivity index (χ1v) is 11.8. The third kappa shape index (κ3) is 10.7. The molecular formula is C27H37NO6. The summed E-state index contributed by atoms with van der Waals surface area (Å²) in [6.45, 7) is 0.703. The van der Waals surface area contributed by atoms with Crippen molar-refractivity contribution in [2.45, 2.75) is 51.0 Å². The zero-order valence-electron chi connectivity index (χ0n) is 20.5. The largest absolute Gasteiger partial charge is 0.497 e. The van der Waals surface area contributed by atoms with E-state index in [1.807, 2.05) is 49.3 Å². The SMILES string of the molecule is COc1cccc(CCCCCc2ccccc2OCC(CN(C)C)OC(=O)CCC(=O)O)c1. The highest BCUT2D eigenvalue weighted by molar-refractivity contribution is 5.76. The quantitative estimate of drug-likeness (QED) is 0.287. The number of nitrogens with zero attached hydrogens (tertiary/aromatic N) is 1. The number of carbonyl (C=O) groups excluding carboxylic acids is 1. The molecular weight excluding hydrogens is 434 g/mol. The van der Waals surface area contributed by atoms with E-state index in [1.165, 1.54) is 5.56 Å². The number of ether oxygens (including phenoxy) is 3. The molecule has 0 bridgehead atoms. The second-order valence-electron chi connectivity index (χ2n) is 8.60. The molecule has 0 saturated carbocycles. The van der Waals surface area contributed by atoms with Gasteiger partial charge in [-0.25, -0.2) is 0 Å². The van der Waals surface area contributed by atoms with Crippen LogP contribution in [0.3, 0.4) is 0 Å². The van der Waals surface area contributed by atoms with Crippen molar-refractivity contribution in [3.63, 3.8) is 0 Å². The fourth-order valence-electron chi connectivity index (χ4n) is 3.67. The van der Waals surface area contributed by atoms with Crippen LogP contribution in [-0.4, -0.2) is 62.4 Å². The second kappa shape index (κ2) is 15.0. The van der Waals surface area contributed by atoms with Crippen molar-refractivity contribution in [2.24, 2.45) is 0 Å². The average Bonchev–Trinajstić information content (AvgIpc) is 2.81. The number of carboxylic acid groups (broad SMARTS) is 1. The number of aryl methyl sites for hydroxylation is 2. The summed E-state index contributed by atoms with van der Waals surface area (Å²) in [5.74, 6) is 0.140. The Labute approximate surface area is 202 Å². The van der Waals surface area contributed by atoms with Gasteiger partial charge in [-0.15, -0.1) is 0 Å². The first-order chi connectivity index (χ1) is 16.4. The third-order valence-electron chi connectivity index (χ3n) is 5.35. The van der Waals surface area contributed by atoms with E-state index in [4.69, 9.17) is 19.3 Å². The number of aliphatic carboxylic acids is 1. The maximum Gasteiger partial charge on any atom is 0.306 e. The highest BCUT2D eigenvalue weighted by atomic mass is 16.6. The molecule has 2 aromatic rings. The Morgan fingerprint density at radius 3 is 2.47 bits per heavy atom. The zero-order chi connectivity index (χ0) is 24.8. The third-order valence-corrected chi connectivity index (χ3v) is 5.35. The van der Waals surface area contributed by atoms with E-state index in [1.54, 1.807) is 7.11 Å². The van der Waals surface area contributed by atoms with Gasteiger partial charge in [-0.1, -0.05) is 36.8 Å². The first kappa shape index (κ1) is 27.2. The molecule has 0 aliphatic heterocycles. The van der Waals surface area contributed by atoms with Gasteiger partial charge in [0.25, 0.3) is 0 Å². The Balaban J connectivity index is 1.82. The van der Waals surface area contributed by atoms with Crippen molar-refractivity contribution >= 4 is 11.9 Å². The summed E-state index contributed by atoms with van der Waals surface area (Å²) in [5, 5.41) is 8.76. The molecule has 1 unspecified atom stereocenters. The molecule has 0 fully saturated rings. The lowest BCUT2D eigenvalue weighted by Gasteiger charge is -2.22. The monoisotopic (exact) mass is 471 g/mol. The highest BCUT2D eigenvalue weighted by Crippen LogP contribution is 2.22. The van der Waals surface area contributed by atoms with Crippen molar-refractivity contribution in [3.8, 4) is 11.5 Å². The molecule has 1 atom stereocenters. The maximum atomic E-state index is 12.0. The van der Waals surface area contributed by atoms with Crippen molar-refractivity contribution in [2.75, 3.05) is 34.4 Å². The maximum absolute atomic E-state index is 12.0. The molecule has 0 aliphatic carbocycles. The van der Waals surface area contributed by atoms with Gasteiger partial charge in [0, 0.05) is 6.54 Å². The number of methoxy groups -OCH3 is 1. The summed E-state index contributed by atoms with van der Waals surface area (Å²) in [4.78, 5) is 24.6. The number of benzene rings is 2. The van der Waals surface area contributed by atoms with Crippen LogP contribution in [0.15, 0.2) is 48.5 Å². The Morgan fingerprint density at radius 2 is 1.74 bits per heavy atom. The molecule has 2 rings (SSSR count). The minimum absolute atomic E-state index is 0.147. The van der Waals surface area contributed by atoms with E-state index in [9.17, 15) is 9.59 Å². The number of para-hydroxylation sites is 1. The number of hydrogen-bond donors (Lipinski definition) is 1. The van der Waals surface area contributed by atoms with Crippen molar-refractivity contribution in [1.29, 1.82) is 0 Å². The number of esters is 1. The van der Waals surface area contributed by atoms with Gasteiger partial charge in [0.05, 0.1) is 20.0 Å². The van der Waals surface area contributed by atoms with E-state index >= 15 is 0 Å². The van der Waals surface area contributed by atoms with Crippen LogP contribution < -0.4 is 9.47 Å². The fraction of sp³-hybridized carbons (Fsp3) is 0.481. The Bertz CT molecular complexity index is 898. The van der Waals surface area contributed by atoms with Crippen LogP contribution in [0.2, 0.25) is 0 Å². The summed E-state index contributed by atoms with van der Waals surface area (Å²) in [6, 6.07) is 16.1. The van der Waals surface area contributed by atoms with Gasteiger partial charge in [0.15, 0.2) is 0 Å². The van der Waals surface area contributed by atoms with Gasteiger partial charge in [0.2, 0.25) is 0 Å². The molecule has 0 aromatic heterocycles. The van der Waals surface area contributed by atoms with Crippen LogP contribution in [0.1, 0.15) is 43.2 Å². The molecule has 7 heteroatoms. The van der Waals surface area contributed by atoms with Crippen molar-refractivity contribution in [1.82, 2.24) is 4.90 Å². The topological polar surface area (TPSA) is 85.3 Å². The summed E-state index contributed by atoms with van der Waals surface area (Å²) in [6.07, 6.45) is 4.33. The summed E-state index contributed by atoms with van der Waals surface area (Å²) >= 11 is 0. The smallest absolute Gasteiger partial charge is 0.306 e. The van der Waals surface area contributed by atoms with Gasteiger partial charge in [0.1, 0.15) is 24.2 Å². The normalized spacial score (nSPS) is 11.8. The number of carboxylic acids is 1. The lowest BCUT2D eigenvalue weighted by molar-refractivity contribution is -0.153.